The van der Waals surface area contributed by atoms with Crippen LogP contribution in [0.1, 0.15) is 0 Å². The van der Waals surface area contributed by atoms with E-state index < -0.39 is 0 Å². The van der Waals surface area contributed by atoms with E-state index in [1.165, 1.54) is 0 Å². The molecular formula is C5H5N5. The molecule has 0 unspecified atom stereocenters. The van der Waals surface area contributed by atoms with Crippen LogP contribution in [0.4, 0.5) is 0 Å². The van der Waals surface area contributed by atoms with Gasteiger partial charge in [-0.2, -0.15) is 10.2 Å². The summed E-state index contributed by atoms with van der Waals surface area (Å²) in [4.78, 5) is 1.86. The molecule has 0 aromatic heterocycles. The monoisotopic (exact) mass is 135 g/mol. The van der Waals surface area contributed by atoms with E-state index in [-0.39, 0.29) is 0 Å². The minimum atomic E-state index is 0.731. The van der Waals surface area contributed by atoms with E-state index in [4.69, 9.17) is 0 Å². The van der Waals surface area contributed by atoms with Gasteiger partial charge in [-0.1, -0.05) is 0 Å². The predicted molar refractivity (Wildman–Crippen MR) is 39.6 cm³/mol. The van der Waals surface area contributed by atoms with Gasteiger partial charge in [0.1, 0.15) is 6.34 Å². The summed E-state index contributed by atoms with van der Waals surface area (Å²) in [7, 11) is 0. The van der Waals surface area contributed by atoms with E-state index in [9.17, 15) is 0 Å². The third kappa shape index (κ3) is 0.717. The molecule has 50 valence electrons. The Morgan fingerprint density at radius 1 is 1.30 bits per heavy atom. The molecule has 0 fully saturated rings. The second kappa shape index (κ2) is 2.02. The smallest absolute Gasteiger partial charge is 0.177 e. The van der Waals surface area contributed by atoms with Crippen molar-refractivity contribution in [2.24, 2.45) is 20.4 Å². The Morgan fingerprint density at radius 3 is 3.20 bits per heavy atom. The Balaban J connectivity index is 2.34. The molecule has 5 nitrogen and oxygen atoms in total. The molecule has 0 N–H and O–H groups in total. The van der Waals surface area contributed by atoms with Gasteiger partial charge in [0.15, 0.2) is 5.84 Å². The highest BCUT2D eigenvalue weighted by Crippen LogP contribution is 1.96. The van der Waals surface area contributed by atoms with Crippen molar-refractivity contribution >= 4 is 24.6 Å². The largest absolute Gasteiger partial charge is 0.307 e. The van der Waals surface area contributed by atoms with Crippen LogP contribution in [0.5, 0.6) is 0 Å². The Bertz CT molecular complexity index is 249. The van der Waals surface area contributed by atoms with E-state index in [0.717, 1.165) is 12.4 Å². The van der Waals surface area contributed by atoms with Crippen molar-refractivity contribution in [3.05, 3.63) is 0 Å². The minimum absolute atomic E-state index is 0.731. The minimum Gasteiger partial charge on any atom is -0.307 e. The van der Waals surface area contributed by atoms with E-state index in [0.29, 0.717) is 0 Å². The molecule has 0 radical (unpaired) electrons. The zero-order chi connectivity index (χ0) is 6.81. The van der Waals surface area contributed by atoms with Gasteiger partial charge in [-0.15, -0.1) is 10.2 Å². The molecule has 0 saturated carbocycles. The molecule has 0 aromatic rings. The first kappa shape index (κ1) is 5.28. The highest BCUT2D eigenvalue weighted by Gasteiger charge is 2.10. The number of rotatable bonds is 0. The van der Waals surface area contributed by atoms with Crippen LogP contribution in [0.15, 0.2) is 20.4 Å². The highest BCUT2D eigenvalue weighted by atomic mass is 15.4. The lowest BCUT2D eigenvalue weighted by Crippen LogP contribution is -2.35. The molecule has 0 aromatic carbocycles. The summed E-state index contributed by atoms with van der Waals surface area (Å²) in [5, 5.41) is 14.9. The summed E-state index contributed by atoms with van der Waals surface area (Å²) in [6.45, 7) is 0.731. The summed E-state index contributed by atoms with van der Waals surface area (Å²) in [6.07, 6.45) is 4.93. The number of hydrogen-bond donors (Lipinski definition) is 0. The number of nitrogens with zero attached hydrogens (tertiary/aromatic N) is 5. The lowest BCUT2D eigenvalue weighted by molar-refractivity contribution is 0.709. The van der Waals surface area contributed by atoms with Crippen molar-refractivity contribution in [1.82, 2.24) is 4.90 Å². The Kier molecular flexibility index (Phi) is 1.06. The maximum atomic E-state index is 3.82. The van der Waals surface area contributed by atoms with Crippen molar-refractivity contribution in [1.29, 1.82) is 0 Å². The Hall–Kier alpha value is -1.52. The van der Waals surface area contributed by atoms with Gasteiger partial charge in [-0.3, -0.25) is 0 Å². The fourth-order valence-electron chi connectivity index (χ4n) is 0.759. The third-order valence-corrected chi connectivity index (χ3v) is 1.25. The van der Waals surface area contributed by atoms with Crippen LogP contribution < -0.4 is 0 Å². The van der Waals surface area contributed by atoms with Gasteiger partial charge in [0, 0.05) is 6.21 Å². The van der Waals surface area contributed by atoms with E-state index >= 15 is 0 Å². The Morgan fingerprint density at radius 2 is 2.30 bits per heavy atom. The van der Waals surface area contributed by atoms with Gasteiger partial charge in [-0.05, 0) is 0 Å². The molecule has 10 heavy (non-hydrogen) atoms. The van der Waals surface area contributed by atoms with Crippen molar-refractivity contribution in [3.63, 3.8) is 0 Å². The SMILES string of the molecule is C1=NN=CN2CC=NN=C12. The molecule has 0 spiro atoms. The molecule has 0 amide bonds. The molecule has 0 bridgehead atoms. The quantitative estimate of drug-likeness (QED) is 0.450. The van der Waals surface area contributed by atoms with Crippen molar-refractivity contribution in [2.75, 3.05) is 6.54 Å². The first-order chi connectivity index (χ1) is 4.97. The molecule has 0 aliphatic carbocycles. The second-order valence-electron chi connectivity index (χ2n) is 1.88. The van der Waals surface area contributed by atoms with Crippen LogP contribution in [-0.4, -0.2) is 36.0 Å². The summed E-state index contributed by atoms with van der Waals surface area (Å²) in [5.41, 5.74) is 0. The van der Waals surface area contributed by atoms with Crippen molar-refractivity contribution in [2.45, 2.75) is 0 Å². The number of fused-ring (bicyclic) bond motifs is 1. The molecule has 5 heteroatoms. The van der Waals surface area contributed by atoms with Gasteiger partial charge in [0.05, 0.1) is 12.8 Å². The normalized spacial score (nSPS) is 20.8. The van der Waals surface area contributed by atoms with Crippen molar-refractivity contribution < 1.29 is 0 Å². The van der Waals surface area contributed by atoms with Gasteiger partial charge in [0.25, 0.3) is 0 Å². The molecule has 0 saturated heterocycles. The highest BCUT2D eigenvalue weighted by molar-refractivity contribution is 6.33. The zero-order valence-corrected chi connectivity index (χ0v) is 5.18. The summed E-state index contributed by atoms with van der Waals surface area (Å²) >= 11 is 0. The number of hydrogen-bond acceptors (Lipinski definition) is 5. The predicted octanol–water partition coefficient (Wildman–Crippen LogP) is -0.286. The maximum absolute atomic E-state index is 3.82. The summed E-state index contributed by atoms with van der Waals surface area (Å²) in [5.74, 6) is 0.748. The first-order valence-electron chi connectivity index (χ1n) is 2.89. The van der Waals surface area contributed by atoms with Crippen LogP contribution in [-0.2, 0) is 0 Å². The summed E-state index contributed by atoms with van der Waals surface area (Å²) < 4.78 is 0. The second-order valence-corrected chi connectivity index (χ2v) is 1.88. The van der Waals surface area contributed by atoms with Gasteiger partial charge in [-0.25, -0.2) is 0 Å². The van der Waals surface area contributed by atoms with Gasteiger partial charge >= 0.3 is 0 Å². The summed E-state index contributed by atoms with van der Waals surface area (Å²) in [6, 6.07) is 0. The van der Waals surface area contributed by atoms with E-state index in [2.05, 4.69) is 20.4 Å². The lowest BCUT2D eigenvalue weighted by atomic mass is 10.5. The standard InChI is InChI=1S/C5H5N5/c1-2-10-4-8-7-3-5(10)9-6-1/h1,3-4H,2H2. The van der Waals surface area contributed by atoms with Crippen LogP contribution >= 0.6 is 0 Å². The van der Waals surface area contributed by atoms with Gasteiger partial charge < -0.3 is 4.90 Å². The Labute approximate surface area is 57.5 Å². The molecule has 2 aliphatic heterocycles. The van der Waals surface area contributed by atoms with Crippen LogP contribution in [0.25, 0.3) is 0 Å². The fourth-order valence-corrected chi connectivity index (χ4v) is 0.759. The third-order valence-electron chi connectivity index (χ3n) is 1.25. The van der Waals surface area contributed by atoms with Crippen LogP contribution in [0, 0.1) is 0 Å². The van der Waals surface area contributed by atoms with E-state index in [1.54, 1.807) is 18.8 Å². The molecular weight excluding hydrogens is 130 g/mol. The van der Waals surface area contributed by atoms with Crippen molar-refractivity contribution in [3.8, 4) is 0 Å². The average molecular weight is 135 g/mol. The molecule has 0 atom stereocenters. The number of amidine groups is 1. The molecule has 2 aliphatic rings. The van der Waals surface area contributed by atoms with Crippen LogP contribution in [0.2, 0.25) is 0 Å². The zero-order valence-electron chi connectivity index (χ0n) is 5.18. The fraction of sp³-hybridized carbons (Fsp3) is 0.200. The average Bonchev–Trinajstić information content (AvgIpc) is 2.05. The molecule has 2 rings (SSSR count). The topological polar surface area (TPSA) is 52.7 Å². The maximum Gasteiger partial charge on any atom is 0.177 e. The van der Waals surface area contributed by atoms with Gasteiger partial charge in [0.2, 0.25) is 0 Å². The first-order valence-corrected chi connectivity index (χ1v) is 2.89. The van der Waals surface area contributed by atoms with Crippen LogP contribution in [0.3, 0.4) is 0 Å². The molecule has 2 heterocycles. The van der Waals surface area contributed by atoms with E-state index in [1.807, 2.05) is 4.90 Å². The lowest BCUT2D eigenvalue weighted by Gasteiger charge is -2.18.